The Morgan fingerprint density at radius 2 is 1.60 bits per heavy atom. The molecule has 0 spiro atoms. The van der Waals surface area contributed by atoms with E-state index in [1.165, 1.54) is 25.7 Å². The third-order valence-corrected chi connectivity index (χ3v) is 9.35. The van der Waals surface area contributed by atoms with Crippen molar-refractivity contribution in [2.45, 2.75) is 57.8 Å². The Hall–Kier alpha value is -3.20. The molecule has 2 fully saturated rings. The second-order valence-electron chi connectivity index (χ2n) is 11.2. The second-order valence-corrected chi connectivity index (χ2v) is 11.2. The zero-order valence-electron chi connectivity index (χ0n) is 20.3. The van der Waals surface area contributed by atoms with Crippen molar-refractivity contribution in [2.24, 2.45) is 17.3 Å². The number of carbonyl (C=O) groups is 2. The van der Waals surface area contributed by atoms with Crippen molar-refractivity contribution >= 4 is 11.8 Å². The summed E-state index contributed by atoms with van der Waals surface area (Å²) in [5.41, 5.74) is 6.32. The van der Waals surface area contributed by atoms with Gasteiger partial charge in [-0.3, -0.25) is 4.79 Å². The average Bonchev–Trinajstić information content (AvgIpc) is 3.30. The van der Waals surface area contributed by atoms with Crippen LogP contribution in [0.15, 0.2) is 66.7 Å². The molecule has 3 heteroatoms. The molecule has 0 saturated heterocycles. The molecule has 3 aromatic rings. The summed E-state index contributed by atoms with van der Waals surface area (Å²) in [7, 11) is 0. The van der Waals surface area contributed by atoms with Gasteiger partial charge in [-0.1, -0.05) is 67.9 Å². The van der Waals surface area contributed by atoms with E-state index in [0.29, 0.717) is 28.4 Å². The zero-order chi connectivity index (χ0) is 24.2. The van der Waals surface area contributed by atoms with Crippen molar-refractivity contribution in [1.82, 2.24) is 0 Å². The van der Waals surface area contributed by atoms with Crippen LogP contribution in [0, 0.1) is 17.3 Å². The third-order valence-electron chi connectivity index (χ3n) is 9.35. The van der Waals surface area contributed by atoms with E-state index < -0.39 is 5.97 Å². The highest BCUT2D eigenvalue weighted by Crippen LogP contribution is 2.61. The Bertz CT molecular complexity index is 1290. The van der Waals surface area contributed by atoms with Crippen molar-refractivity contribution < 1.29 is 14.7 Å². The molecule has 0 amide bonds. The molecule has 3 aliphatic rings. The molecule has 3 aliphatic carbocycles. The number of hydrogen-bond donors (Lipinski definition) is 1. The Kier molecular flexibility index (Phi) is 5.40. The highest BCUT2D eigenvalue weighted by atomic mass is 16.4. The first-order valence-electron chi connectivity index (χ1n) is 13.0. The van der Waals surface area contributed by atoms with Gasteiger partial charge in [0, 0.05) is 11.1 Å². The van der Waals surface area contributed by atoms with Crippen LogP contribution in [0.4, 0.5) is 0 Å². The van der Waals surface area contributed by atoms with Crippen molar-refractivity contribution in [3.05, 3.63) is 94.5 Å². The van der Waals surface area contributed by atoms with Gasteiger partial charge >= 0.3 is 5.97 Å². The summed E-state index contributed by atoms with van der Waals surface area (Å²) in [6.07, 6.45) is 8.23. The first-order valence-corrected chi connectivity index (χ1v) is 13.0. The minimum Gasteiger partial charge on any atom is -0.478 e. The van der Waals surface area contributed by atoms with Gasteiger partial charge in [-0.05, 0) is 96.1 Å². The van der Waals surface area contributed by atoms with Gasteiger partial charge in [-0.25, -0.2) is 4.79 Å². The van der Waals surface area contributed by atoms with Crippen LogP contribution in [-0.4, -0.2) is 16.9 Å². The summed E-state index contributed by atoms with van der Waals surface area (Å²) in [6.45, 7) is 2.48. The van der Waals surface area contributed by atoms with Crippen molar-refractivity contribution in [2.75, 3.05) is 0 Å². The van der Waals surface area contributed by atoms with E-state index in [-0.39, 0.29) is 11.3 Å². The molecular formula is C32H32O3. The maximum atomic E-state index is 13.9. The topological polar surface area (TPSA) is 54.4 Å². The van der Waals surface area contributed by atoms with Gasteiger partial charge in [0.1, 0.15) is 0 Å². The first kappa shape index (κ1) is 22.3. The maximum Gasteiger partial charge on any atom is 0.335 e. The number of benzene rings is 3. The standard InChI is InChI=1S/C32H32O3/c1-32-16-5-8-28(32)25-14-13-23-18-24(31(34)35)19-27(29(23)26(25)15-17-32)30(33)22-11-9-21(10-12-22)20-6-3-2-4-7-20/h2-4,6-7,9-12,18-19,25-26,28H,5,8,13-17H2,1H3,(H,34,35)/t25-,26+,28+,32+/m1/s1. The lowest BCUT2D eigenvalue weighted by molar-refractivity contribution is 0.0593. The summed E-state index contributed by atoms with van der Waals surface area (Å²) in [5.74, 6) is 0.674. The summed E-state index contributed by atoms with van der Waals surface area (Å²) < 4.78 is 0. The Morgan fingerprint density at radius 1 is 0.857 bits per heavy atom. The Balaban J connectivity index is 1.41. The fourth-order valence-corrected chi connectivity index (χ4v) is 7.63. The molecule has 2 saturated carbocycles. The molecule has 35 heavy (non-hydrogen) atoms. The largest absolute Gasteiger partial charge is 0.478 e. The number of carboxylic acid groups (broad SMARTS) is 1. The highest BCUT2D eigenvalue weighted by molar-refractivity contribution is 6.11. The van der Waals surface area contributed by atoms with Crippen LogP contribution in [0.2, 0.25) is 0 Å². The van der Waals surface area contributed by atoms with E-state index in [2.05, 4.69) is 19.1 Å². The zero-order valence-corrected chi connectivity index (χ0v) is 20.3. The lowest BCUT2D eigenvalue weighted by Crippen LogP contribution is -2.40. The van der Waals surface area contributed by atoms with Crippen molar-refractivity contribution in [3.8, 4) is 11.1 Å². The minimum absolute atomic E-state index is 0.0515. The molecule has 0 unspecified atom stereocenters. The van der Waals surface area contributed by atoms with E-state index >= 15 is 0 Å². The second kappa shape index (κ2) is 8.48. The van der Waals surface area contributed by atoms with Gasteiger partial charge in [-0.15, -0.1) is 0 Å². The first-order chi connectivity index (χ1) is 16.9. The van der Waals surface area contributed by atoms with Crippen LogP contribution in [0.25, 0.3) is 11.1 Å². The van der Waals surface area contributed by atoms with Crippen LogP contribution in [0.3, 0.4) is 0 Å². The predicted octanol–water partition coefficient (Wildman–Crippen LogP) is 7.53. The minimum atomic E-state index is -0.963. The molecule has 0 radical (unpaired) electrons. The van der Waals surface area contributed by atoms with Crippen LogP contribution in [-0.2, 0) is 6.42 Å². The van der Waals surface area contributed by atoms with E-state index in [4.69, 9.17) is 0 Å². The van der Waals surface area contributed by atoms with E-state index in [1.54, 1.807) is 6.07 Å². The number of aromatic carboxylic acids is 1. The maximum absolute atomic E-state index is 13.9. The summed E-state index contributed by atoms with van der Waals surface area (Å²) in [5, 5.41) is 9.80. The van der Waals surface area contributed by atoms with Crippen LogP contribution < -0.4 is 0 Å². The molecule has 6 rings (SSSR count). The predicted molar refractivity (Wildman–Crippen MR) is 138 cm³/mol. The number of ketones is 1. The summed E-state index contributed by atoms with van der Waals surface area (Å²) in [4.78, 5) is 25.9. The summed E-state index contributed by atoms with van der Waals surface area (Å²) in [6, 6.07) is 21.4. The molecule has 1 N–H and O–H groups in total. The number of rotatable bonds is 4. The van der Waals surface area contributed by atoms with Gasteiger partial charge in [-0.2, -0.15) is 0 Å². The SMILES string of the molecule is C[C@@]12CCC[C@H]1[C@@H]1CCc3cc(C(=O)O)cc(C(=O)c4ccc(-c5ccccc5)cc4)c3[C@H]1CC2. The van der Waals surface area contributed by atoms with Gasteiger partial charge in [0.2, 0.25) is 0 Å². The number of carboxylic acids is 1. The number of carbonyl (C=O) groups excluding carboxylic acids is 1. The van der Waals surface area contributed by atoms with E-state index in [9.17, 15) is 14.7 Å². The van der Waals surface area contributed by atoms with Crippen LogP contribution in [0.1, 0.15) is 88.8 Å². The molecule has 4 atom stereocenters. The quantitative estimate of drug-likeness (QED) is 0.406. The fourth-order valence-electron chi connectivity index (χ4n) is 7.63. The molecule has 178 valence electrons. The number of hydrogen-bond acceptors (Lipinski definition) is 2. The number of fused-ring (bicyclic) bond motifs is 5. The molecule has 3 nitrogen and oxygen atoms in total. The molecule has 0 aromatic heterocycles. The fraction of sp³-hybridized carbons (Fsp3) is 0.375. The average molecular weight is 465 g/mol. The van der Waals surface area contributed by atoms with E-state index in [1.807, 2.05) is 48.5 Å². The van der Waals surface area contributed by atoms with Crippen LogP contribution in [0.5, 0.6) is 0 Å². The van der Waals surface area contributed by atoms with Gasteiger partial charge in [0.05, 0.1) is 5.56 Å². The van der Waals surface area contributed by atoms with Gasteiger partial charge in [0.25, 0.3) is 0 Å². The Morgan fingerprint density at radius 3 is 2.34 bits per heavy atom. The molecule has 0 bridgehead atoms. The lowest BCUT2D eigenvalue weighted by atomic mass is 9.55. The normalized spacial score (nSPS) is 26.9. The van der Waals surface area contributed by atoms with Crippen LogP contribution >= 0.6 is 0 Å². The molecule has 0 aliphatic heterocycles. The van der Waals surface area contributed by atoms with Crippen molar-refractivity contribution in [3.63, 3.8) is 0 Å². The smallest absolute Gasteiger partial charge is 0.335 e. The number of aryl methyl sites for hydroxylation is 1. The lowest BCUT2D eigenvalue weighted by Gasteiger charge is -2.49. The van der Waals surface area contributed by atoms with Crippen molar-refractivity contribution in [1.29, 1.82) is 0 Å². The Labute approximate surface area is 207 Å². The van der Waals surface area contributed by atoms with Gasteiger partial charge in [0.15, 0.2) is 5.78 Å². The molecule has 0 heterocycles. The van der Waals surface area contributed by atoms with Gasteiger partial charge < -0.3 is 5.11 Å². The van der Waals surface area contributed by atoms with E-state index in [0.717, 1.165) is 47.4 Å². The summed E-state index contributed by atoms with van der Waals surface area (Å²) >= 11 is 0. The molecule has 3 aromatic carbocycles. The highest BCUT2D eigenvalue weighted by Gasteiger charge is 2.50. The monoisotopic (exact) mass is 464 g/mol. The molecular weight excluding hydrogens is 432 g/mol. The third kappa shape index (κ3) is 3.73.